The Morgan fingerprint density at radius 2 is 1.81 bits per heavy atom. The number of amides is 1. The van der Waals surface area contributed by atoms with Crippen molar-refractivity contribution in [2.24, 2.45) is 11.3 Å². The molecule has 1 aromatic heterocycles. The zero-order valence-corrected chi connectivity index (χ0v) is 17.6. The van der Waals surface area contributed by atoms with Crippen LogP contribution >= 0.6 is 11.3 Å². The van der Waals surface area contributed by atoms with Gasteiger partial charge < -0.3 is 14.8 Å². The van der Waals surface area contributed by atoms with E-state index in [1.807, 2.05) is 0 Å². The van der Waals surface area contributed by atoms with E-state index in [4.69, 9.17) is 9.47 Å². The van der Waals surface area contributed by atoms with Crippen LogP contribution in [0.15, 0.2) is 0 Å². The quantitative estimate of drug-likeness (QED) is 0.582. The van der Waals surface area contributed by atoms with Crippen LogP contribution in [0.5, 0.6) is 0 Å². The third-order valence-electron chi connectivity index (χ3n) is 5.45. The molecule has 0 fully saturated rings. The van der Waals surface area contributed by atoms with Gasteiger partial charge in [-0.05, 0) is 50.0 Å². The van der Waals surface area contributed by atoms with Crippen LogP contribution in [0.2, 0.25) is 0 Å². The third-order valence-corrected chi connectivity index (χ3v) is 6.62. The molecule has 0 saturated carbocycles. The molecule has 0 radical (unpaired) electrons. The lowest BCUT2D eigenvalue weighted by molar-refractivity contribution is -0.152. The monoisotopic (exact) mass is 395 g/mol. The Morgan fingerprint density at radius 3 is 2.41 bits per heavy atom. The van der Waals surface area contributed by atoms with Gasteiger partial charge in [0.25, 0.3) is 0 Å². The molecular weight excluding hydrogens is 366 g/mol. The normalized spacial score (nSPS) is 16.4. The van der Waals surface area contributed by atoms with Crippen LogP contribution in [0.4, 0.5) is 5.00 Å². The Hall–Kier alpha value is -1.89. The molecule has 0 spiro atoms. The summed E-state index contributed by atoms with van der Waals surface area (Å²) < 4.78 is 9.94. The predicted octanol–water partition coefficient (Wildman–Crippen LogP) is 3.97. The summed E-state index contributed by atoms with van der Waals surface area (Å²) in [5, 5.41) is 2.94. The van der Waals surface area contributed by atoms with Crippen LogP contribution in [-0.2, 0) is 31.9 Å². The number of carbonyl (C=O) groups is 3. The van der Waals surface area contributed by atoms with Crippen LogP contribution in [0.1, 0.15) is 68.3 Å². The minimum Gasteiger partial charge on any atom is -0.462 e. The molecule has 0 saturated heterocycles. The summed E-state index contributed by atoms with van der Waals surface area (Å²) in [5.41, 5.74) is 1.54. The highest BCUT2D eigenvalue weighted by Gasteiger charge is 2.36. The van der Waals surface area contributed by atoms with Gasteiger partial charge in [0.15, 0.2) is 0 Å². The van der Waals surface area contributed by atoms with Crippen molar-refractivity contribution in [1.82, 2.24) is 0 Å². The van der Waals surface area contributed by atoms with E-state index in [9.17, 15) is 14.4 Å². The lowest BCUT2D eigenvalue weighted by atomic mass is 9.69. The minimum absolute atomic E-state index is 0.117. The largest absolute Gasteiger partial charge is 0.462 e. The highest BCUT2D eigenvalue weighted by Crippen LogP contribution is 2.45. The maximum absolute atomic E-state index is 12.5. The summed E-state index contributed by atoms with van der Waals surface area (Å²) in [7, 11) is 0. The number of hydrogen-bond acceptors (Lipinski definition) is 6. The van der Waals surface area contributed by atoms with E-state index in [-0.39, 0.29) is 18.6 Å². The summed E-state index contributed by atoms with van der Waals surface area (Å²) in [6.07, 6.45) is 3.70. The highest BCUT2D eigenvalue weighted by molar-refractivity contribution is 7.17. The van der Waals surface area contributed by atoms with Gasteiger partial charge in [0.05, 0.1) is 18.8 Å². The van der Waals surface area contributed by atoms with Crippen molar-refractivity contribution in [1.29, 1.82) is 0 Å². The SMILES string of the molecule is CCOC(=O)C(=O)Nc1sc2c(c1C(=O)OCC)CC[C@H](C(C)(C)CC)C2. The first-order chi connectivity index (χ1) is 12.7. The van der Waals surface area contributed by atoms with Crippen molar-refractivity contribution in [3.8, 4) is 0 Å². The molecule has 6 nitrogen and oxygen atoms in total. The Morgan fingerprint density at radius 1 is 1.15 bits per heavy atom. The molecule has 27 heavy (non-hydrogen) atoms. The summed E-state index contributed by atoms with van der Waals surface area (Å²) in [6, 6.07) is 0. The van der Waals surface area contributed by atoms with Crippen LogP contribution in [-0.4, -0.2) is 31.1 Å². The molecular formula is C20H29NO5S. The van der Waals surface area contributed by atoms with Crippen LogP contribution in [0.25, 0.3) is 0 Å². The molecule has 1 N–H and O–H groups in total. The fraction of sp³-hybridized carbons (Fsp3) is 0.650. The number of fused-ring (bicyclic) bond motifs is 1. The average molecular weight is 396 g/mol. The lowest BCUT2D eigenvalue weighted by Gasteiger charge is -2.36. The smallest absolute Gasteiger partial charge is 0.397 e. The molecule has 0 aromatic carbocycles. The van der Waals surface area contributed by atoms with Gasteiger partial charge >= 0.3 is 17.8 Å². The average Bonchev–Trinajstić information content (AvgIpc) is 2.99. The van der Waals surface area contributed by atoms with E-state index in [0.717, 1.165) is 36.1 Å². The Balaban J connectivity index is 2.36. The van der Waals surface area contributed by atoms with Crippen molar-refractivity contribution in [3.05, 3.63) is 16.0 Å². The van der Waals surface area contributed by atoms with Gasteiger partial charge in [-0.2, -0.15) is 0 Å². The number of hydrogen-bond donors (Lipinski definition) is 1. The summed E-state index contributed by atoms with van der Waals surface area (Å²) in [4.78, 5) is 37.4. The molecule has 1 heterocycles. The topological polar surface area (TPSA) is 81.7 Å². The molecule has 1 atom stereocenters. The second-order valence-corrected chi connectivity index (χ2v) is 8.49. The Bertz CT molecular complexity index is 722. The molecule has 2 rings (SSSR count). The van der Waals surface area contributed by atoms with Gasteiger partial charge in [-0.15, -0.1) is 11.3 Å². The Kier molecular flexibility index (Phi) is 7.03. The summed E-state index contributed by atoms with van der Waals surface area (Å²) in [5.74, 6) is -1.77. The molecule has 150 valence electrons. The molecule has 0 bridgehead atoms. The summed E-state index contributed by atoms with van der Waals surface area (Å²) in [6.45, 7) is 10.5. The van der Waals surface area contributed by atoms with Crippen molar-refractivity contribution in [3.63, 3.8) is 0 Å². The molecule has 0 aliphatic heterocycles. The number of rotatable bonds is 6. The van der Waals surface area contributed by atoms with Gasteiger partial charge in [-0.1, -0.05) is 27.2 Å². The van der Waals surface area contributed by atoms with Gasteiger partial charge in [0.1, 0.15) is 5.00 Å². The zero-order chi connectivity index (χ0) is 20.2. The van der Waals surface area contributed by atoms with Crippen LogP contribution in [0.3, 0.4) is 0 Å². The van der Waals surface area contributed by atoms with E-state index in [2.05, 4.69) is 26.1 Å². The van der Waals surface area contributed by atoms with Crippen molar-refractivity contribution in [2.45, 2.75) is 60.3 Å². The van der Waals surface area contributed by atoms with E-state index in [0.29, 0.717) is 16.5 Å². The van der Waals surface area contributed by atoms with Gasteiger partial charge in [-0.25, -0.2) is 9.59 Å². The van der Waals surface area contributed by atoms with E-state index >= 15 is 0 Å². The lowest BCUT2D eigenvalue weighted by Crippen LogP contribution is -2.28. The van der Waals surface area contributed by atoms with Crippen LogP contribution < -0.4 is 5.32 Å². The molecule has 7 heteroatoms. The first kappa shape index (κ1) is 21.4. The Labute approximate surface area is 164 Å². The molecule has 1 aliphatic rings. The van der Waals surface area contributed by atoms with Gasteiger partial charge in [0.2, 0.25) is 0 Å². The second kappa shape index (κ2) is 8.87. The minimum atomic E-state index is -0.955. The fourth-order valence-electron chi connectivity index (χ4n) is 3.40. The first-order valence-corrected chi connectivity index (χ1v) is 10.4. The molecule has 1 amide bonds. The fourth-order valence-corrected chi connectivity index (χ4v) is 4.71. The van der Waals surface area contributed by atoms with Crippen molar-refractivity contribution in [2.75, 3.05) is 18.5 Å². The van der Waals surface area contributed by atoms with Gasteiger partial charge in [0, 0.05) is 4.88 Å². The second-order valence-electron chi connectivity index (χ2n) is 7.38. The number of esters is 2. The number of ether oxygens (including phenoxy) is 2. The van der Waals surface area contributed by atoms with E-state index < -0.39 is 17.8 Å². The number of carbonyl (C=O) groups excluding carboxylic acids is 3. The van der Waals surface area contributed by atoms with Gasteiger partial charge in [-0.3, -0.25) is 4.79 Å². The molecule has 1 aliphatic carbocycles. The maximum Gasteiger partial charge on any atom is 0.397 e. The number of anilines is 1. The predicted molar refractivity (Wildman–Crippen MR) is 105 cm³/mol. The number of thiophene rings is 1. The maximum atomic E-state index is 12.5. The molecule has 1 aromatic rings. The van der Waals surface area contributed by atoms with Crippen LogP contribution in [0, 0.1) is 11.3 Å². The standard InChI is InChI=1S/C20H29NO5S/c1-6-20(4,5)12-9-10-13-14(11-12)27-17(15(13)18(23)25-7-2)21-16(22)19(24)26-8-3/h12H,6-11H2,1-5H3,(H,21,22)/t12-/m0/s1. The first-order valence-electron chi connectivity index (χ1n) is 9.54. The van der Waals surface area contributed by atoms with E-state index in [1.54, 1.807) is 13.8 Å². The van der Waals surface area contributed by atoms with E-state index in [1.165, 1.54) is 11.3 Å². The van der Waals surface area contributed by atoms with Crippen molar-refractivity contribution >= 4 is 34.2 Å². The summed E-state index contributed by atoms with van der Waals surface area (Å²) >= 11 is 1.37. The van der Waals surface area contributed by atoms with Crippen molar-refractivity contribution < 1.29 is 23.9 Å². The third kappa shape index (κ3) is 4.69. The zero-order valence-electron chi connectivity index (χ0n) is 16.8. The number of nitrogens with one attached hydrogen (secondary N) is 1. The molecule has 0 unspecified atom stereocenters. The highest BCUT2D eigenvalue weighted by atomic mass is 32.1.